The van der Waals surface area contributed by atoms with Crippen molar-refractivity contribution in [3.63, 3.8) is 0 Å². The summed E-state index contributed by atoms with van der Waals surface area (Å²) in [6, 6.07) is 3.89. The Bertz CT molecular complexity index is 412. The number of carbonyl (C=O) groups excluding carboxylic acids is 1. The van der Waals surface area contributed by atoms with Gasteiger partial charge in [0.15, 0.2) is 0 Å². The fourth-order valence-electron chi connectivity index (χ4n) is 1.64. The summed E-state index contributed by atoms with van der Waals surface area (Å²) in [7, 11) is 1.94. The second-order valence-corrected chi connectivity index (χ2v) is 7.84. The molecule has 0 saturated heterocycles. The minimum atomic E-state index is 0.0782. The van der Waals surface area contributed by atoms with Crippen molar-refractivity contribution in [1.29, 1.82) is 0 Å². The van der Waals surface area contributed by atoms with E-state index in [2.05, 4.69) is 26.1 Å². The zero-order valence-corrected chi connectivity index (χ0v) is 13.7. The molecule has 0 bridgehead atoms. The summed E-state index contributed by atoms with van der Waals surface area (Å²) in [5.41, 5.74) is 0.257. The Morgan fingerprint density at radius 3 is 2.63 bits per heavy atom. The van der Waals surface area contributed by atoms with E-state index in [1.165, 1.54) is 4.88 Å². The van der Waals surface area contributed by atoms with Crippen LogP contribution in [0.5, 0.6) is 0 Å². The Morgan fingerprint density at radius 2 is 2.11 bits per heavy atom. The lowest BCUT2D eigenvalue weighted by atomic mass is 9.92. The van der Waals surface area contributed by atoms with Crippen LogP contribution in [0.3, 0.4) is 0 Å². The van der Waals surface area contributed by atoms with Gasteiger partial charge < -0.3 is 5.32 Å². The van der Waals surface area contributed by atoms with Crippen molar-refractivity contribution >= 4 is 28.8 Å². The smallest absolute Gasteiger partial charge is 0.234 e. The molecule has 3 nitrogen and oxygen atoms in total. The van der Waals surface area contributed by atoms with Crippen LogP contribution in [-0.2, 0) is 11.3 Å². The summed E-state index contributed by atoms with van der Waals surface area (Å²) in [5.74, 6) is 0.0782. The van der Waals surface area contributed by atoms with E-state index in [1.54, 1.807) is 11.3 Å². The predicted octanol–water partition coefficient (Wildman–Crippen LogP) is 3.39. The van der Waals surface area contributed by atoms with Gasteiger partial charge in [-0.3, -0.25) is 9.69 Å². The van der Waals surface area contributed by atoms with Crippen LogP contribution in [0.25, 0.3) is 0 Å². The molecule has 1 amide bonds. The molecule has 0 radical (unpaired) electrons. The summed E-state index contributed by atoms with van der Waals surface area (Å²) in [6.45, 7) is 8.42. The Hall–Kier alpha value is -0.580. The average molecular weight is 303 g/mol. The van der Waals surface area contributed by atoms with Gasteiger partial charge in [-0.2, -0.15) is 0 Å². The highest BCUT2D eigenvalue weighted by molar-refractivity contribution is 7.16. The Kier molecular flexibility index (Phi) is 6.30. The number of halogens is 1. The molecule has 1 aromatic rings. The van der Waals surface area contributed by atoms with Crippen molar-refractivity contribution in [2.24, 2.45) is 5.41 Å². The van der Waals surface area contributed by atoms with E-state index in [0.717, 1.165) is 23.8 Å². The first kappa shape index (κ1) is 16.5. The van der Waals surface area contributed by atoms with Gasteiger partial charge in [-0.1, -0.05) is 32.4 Å². The number of hydrogen-bond acceptors (Lipinski definition) is 3. The maximum atomic E-state index is 11.8. The molecule has 0 spiro atoms. The van der Waals surface area contributed by atoms with Crippen molar-refractivity contribution in [3.05, 3.63) is 21.3 Å². The van der Waals surface area contributed by atoms with E-state index in [4.69, 9.17) is 11.6 Å². The molecule has 5 heteroatoms. The number of thiophene rings is 1. The lowest BCUT2D eigenvalue weighted by molar-refractivity contribution is -0.122. The van der Waals surface area contributed by atoms with E-state index in [9.17, 15) is 4.79 Å². The molecular formula is C14H23ClN2OS. The fraction of sp³-hybridized carbons (Fsp3) is 0.643. The van der Waals surface area contributed by atoms with Gasteiger partial charge in [0.25, 0.3) is 0 Å². The van der Waals surface area contributed by atoms with Gasteiger partial charge in [0.2, 0.25) is 5.91 Å². The zero-order valence-electron chi connectivity index (χ0n) is 12.1. The van der Waals surface area contributed by atoms with Gasteiger partial charge in [0.1, 0.15) is 0 Å². The van der Waals surface area contributed by atoms with Crippen LogP contribution in [-0.4, -0.2) is 30.9 Å². The molecule has 0 aliphatic heterocycles. The molecule has 0 aromatic carbocycles. The molecular weight excluding hydrogens is 280 g/mol. The van der Waals surface area contributed by atoms with Crippen molar-refractivity contribution in [1.82, 2.24) is 10.2 Å². The second-order valence-electron chi connectivity index (χ2n) is 6.04. The monoisotopic (exact) mass is 302 g/mol. The number of carbonyl (C=O) groups is 1. The van der Waals surface area contributed by atoms with E-state index >= 15 is 0 Å². The summed E-state index contributed by atoms with van der Waals surface area (Å²) < 4.78 is 0.790. The molecule has 0 saturated carbocycles. The van der Waals surface area contributed by atoms with Crippen LogP contribution in [0.15, 0.2) is 12.1 Å². The van der Waals surface area contributed by atoms with Crippen molar-refractivity contribution < 1.29 is 4.79 Å². The maximum Gasteiger partial charge on any atom is 0.234 e. The van der Waals surface area contributed by atoms with Crippen molar-refractivity contribution in [2.75, 3.05) is 20.1 Å². The summed E-state index contributed by atoms with van der Waals surface area (Å²) in [6.07, 6.45) is 0.989. The topological polar surface area (TPSA) is 32.3 Å². The summed E-state index contributed by atoms with van der Waals surface area (Å²) in [5, 5.41) is 2.96. The molecule has 0 unspecified atom stereocenters. The molecule has 1 N–H and O–H groups in total. The van der Waals surface area contributed by atoms with Gasteiger partial charge in [-0.15, -0.1) is 11.3 Å². The van der Waals surface area contributed by atoms with Crippen LogP contribution in [0.1, 0.15) is 32.1 Å². The third-order valence-electron chi connectivity index (χ3n) is 2.67. The minimum absolute atomic E-state index is 0.0782. The Labute approximate surface area is 124 Å². The molecule has 1 heterocycles. The molecule has 1 rings (SSSR count). The standard InChI is InChI=1S/C14H23ClN2OS/c1-14(2,3)7-8-16-13(18)10-17(4)9-11-5-6-12(15)19-11/h5-6H,7-10H2,1-4H3,(H,16,18). The predicted molar refractivity (Wildman–Crippen MR) is 82.7 cm³/mol. The lowest BCUT2D eigenvalue weighted by Crippen LogP contribution is -2.36. The Morgan fingerprint density at radius 1 is 1.42 bits per heavy atom. The Balaban J connectivity index is 2.24. The van der Waals surface area contributed by atoms with Crippen LogP contribution in [0.2, 0.25) is 4.34 Å². The van der Waals surface area contributed by atoms with Gasteiger partial charge in [-0.25, -0.2) is 0 Å². The van der Waals surface area contributed by atoms with Crippen LogP contribution in [0.4, 0.5) is 0 Å². The molecule has 19 heavy (non-hydrogen) atoms. The van der Waals surface area contributed by atoms with E-state index in [1.807, 2.05) is 24.1 Å². The van der Waals surface area contributed by atoms with Gasteiger partial charge >= 0.3 is 0 Å². The van der Waals surface area contributed by atoms with Crippen LogP contribution in [0, 0.1) is 5.41 Å². The SMILES string of the molecule is CN(CC(=O)NCCC(C)(C)C)Cc1ccc(Cl)s1. The van der Waals surface area contributed by atoms with E-state index < -0.39 is 0 Å². The zero-order chi connectivity index (χ0) is 14.5. The molecule has 0 aliphatic rings. The lowest BCUT2D eigenvalue weighted by Gasteiger charge is -2.19. The number of rotatable bonds is 6. The first-order chi connectivity index (χ1) is 8.76. The van der Waals surface area contributed by atoms with E-state index in [0.29, 0.717) is 6.54 Å². The highest BCUT2D eigenvalue weighted by Crippen LogP contribution is 2.22. The number of nitrogens with zero attached hydrogens (tertiary/aromatic N) is 1. The summed E-state index contributed by atoms with van der Waals surface area (Å²) >= 11 is 7.44. The molecule has 0 fully saturated rings. The van der Waals surface area contributed by atoms with Gasteiger partial charge in [-0.05, 0) is 31.0 Å². The second kappa shape index (κ2) is 7.27. The van der Waals surface area contributed by atoms with Crippen LogP contribution < -0.4 is 5.32 Å². The van der Waals surface area contributed by atoms with E-state index in [-0.39, 0.29) is 11.3 Å². The highest BCUT2D eigenvalue weighted by atomic mass is 35.5. The summed E-state index contributed by atoms with van der Waals surface area (Å²) in [4.78, 5) is 14.9. The fourth-order valence-corrected chi connectivity index (χ4v) is 2.80. The number of hydrogen-bond donors (Lipinski definition) is 1. The first-order valence-corrected chi connectivity index (χ1v) is 7.65. The largest absolute Gasteiger partial charge is 0.355 e. The third kappa shape index (κ3) is 7.55. The maximum absolute atomic E-state index is 11.8. The number of amides is 1. The number of nitrogens with one attached hydrogen (secondary N) is 1. The third-order valence-corrected chi connectivity index (χ3v) is 3.88. The quantitative estimate of drug-likeness (QED) is 0.873. The minimum Gasteiger partial charge on any atom is -0.355 e. The van der Waals surface area contributed by atoms with Crippen molar-refractivity contribution in [3.8, 4) is 0 Å². The first-order valence-electron chi connectivity index (χ1n) is 6.46. The highest BCUT2D eigenvalue weighted by Gasteiger charge is 2.12. The molecule has 0 aliphatic carbocycles. The molecule has 1 aromatic heterocycles. The van der Waals surface area contributed by atoms with Crippen LogP contribution >= 0.6 is 22.9 Å². The van der Waals surface area contributed by atoms with Crippen molar-refractivity contribution in [2.45, 2.75) is 33.7 Å². The van der Waals surface area contributed by atoms with Gasteiger partial charge in [0.05, 0.1) is 10.9 Å². The van der Waals surface area contributed by atoms with Gasteiger partial charge in [0, 0.05) is 18.0 Å². The molecule has 108 valence electrons. The average Bonchev–Trinajstić information content (AvgIpc) is 2.61. The number of likely N-dealkylation sites (N-methyl/N-ethyl adjacent to an activating group) is 1. The normalized spacial score (nSPS) is 11.9. The molecule has 0 atom stereocenters.